The summed E-state index contributed by atoms with van der Waals surface area (Å²) >= 11 is 0. The molecule has 3 heterocycles. The molecule has 0 aromatic carbocycles. The van der Waals surface area contributed by atoms with Crippen LogP contribution in [0.4, 0.5) is 0 Å². The zero-order chi connectivity index (χ0) is 15.6. The monoisotopic (exact) mass is 321 g/mol. The van der Waals surface area contributed by atoms with Gasteiger partial charge in [-0.3, -0.25) is 10.1 Å². The van der Waals surface area contributed by atoms with Gasteiger partial charge in [0.1, 0.15) is 5.82 Å². The van der Waals surface area contributed by atoms with E-state index in [0.29, 0.717) is 25.3 Å². The normalized spacial score (nSPS) is 19.6. The van der Waals surface area contributed by atoms with Gasteiger partial charge in [-0.25, -0.2) is 17.7 Å². The van der Waals surface area contributed by atoms with Crippen LogP contribution in [-0.4, -0.2) is 51.7 Å². The largest absolute Gasteiger partial charge is 0.264 e. The van der Waals surface area contributed by atoms with Gasteiger partial charge in [0.25, 0.3) is 0 Å². The number of sulfonamides is 1. The van der Waals surface area contributed by atoms with E-state index in [2.05, 4.69) is 20.2 Å². The Morgan fingerprint density at radius 3 is 3.05 bits per heavy atom. The fourth-order valence-electron chi connectivity index (χ4n) is 2.68. The van der Waals surface area contributed by atoms with Crippen LogP contribution in [0.2, 0.25) is 0 Å². The van der Waals surface area contributed by atoms with E-state index in [0.717, 1.165) is 17.8 Å². The number of nitrogens with zero attached hydrogens (tertiary/aromatic N) is 4. The van der Waals surface area contributed by atoms with Crippen molar-refractivity contribution in [3.05, 3.63) is 30.4 Å². The zero-order valence-corrected chi connectivity index (χ0v) is 13.3. The summed E-state index contributed by atoms with van der Waals surface area (Å²) in [5.74, 6) is 1.86. The van der Waals surface area contributed by atoms with Crippen LogP contribution in [0.3, 0.4) is 0 Å². The Morgan fingerprint density at radius 2 is 2.32 bits per heavy atom. The topological polar surface area (TPSA) is 91.8 Å². The van der Waals surface area contributed by atoms with Gasteiger partial charge in [-0.05, 0) is 31.4 Å². The Balaban J connectivity index is 1.65. The van der Waals surface area contributed by atoms with E-state index >= 15 is 0 Å². The van der Waals surface area contributed by atoms with Gasteiger partial charge < -0.3 is 0 Å². The van der Waals surface area contributed by atoms with Crippen LogP contribution in [0, 0.1) is 5.92 Å². The Hall–Kier alpha value is -1.80. The van der Waals surface area contributed by atoms with Crippen molar-refractivity contribution in [1.29, 1.82) is 0 Å². The molecular formula is C14H19N5O2S. The van der Waals surface area contributed by atoms with E-state index in [-0.39, 0.29) is 11.7 Å². The summed E-state index contributed by atoms with van der Waals surface area (Å²) in [5.41, 5.74) is 0.867. The molecular weight excluding hydrogens is 302 g/mol. The summed E-state index contributed by atoms with van der Waals surface area (Å²) in [6, 6.07) is 3.75. The van der Waals surface area contributed by atoms with Crippen LogP contribution in [0.15, 0.2) is 24.5 Å². The molecule has 1 aliphatic rings. The van der Waals surface area contributed by atoms with Crippen LogP contribution in [0.1, 0.15) is 19.2 Å². The van der Waals surface area contributed by atoms with Gasteiger partial charge in [-0.1, -0.05) is 0 Å². The van der Waals surface area contributed by atoms with E-state index < -0.39 is 10.0 Å². The summed E-state index contributed by atoms with van der Waals surface area (Å²) in [5, 5.41) is 7.15. The molecule has 2 aromatic rings. The van der Waals surface area contributed by atoms with Gasteiger partial charge >= 0.3 is 0 Å². The quantitative estimate of drug-likeness (QED) is 0.889. The number of hydrogen-bond acceptors (Lipinski definition) is 5. The molecule has 1 unspecified atom stereocenters. The number of H-pyrrole nitrogens is 1. The summed E-state index contributed by atoms with van der Waals surface area (Å²) in [7, 11) is -3.08. The molecule has 0 amide bonds. The fourth-order valence-corrected chi connectivity index (χ4v) is 3.87. The molecule has 118 valence electrons. The highest BCUT2D eigenvalue weighted by molar-refractivity contribution is 7.89. The van der Waals surface area contributed by atoms with Gasteiger partial charge in [0.05, 0.1) is 5.75 Å². The predicted octanol–water partition coefficient (Wildman–Crippen LogP) is 1.08. The van der Waals surface area contributed by atoms with E-state index in [4.69, 9.17) is 0 Å². The van der Waals surface area contributed by atoms with Crippen LogP contribution in [0.25, 0.3) is 11.4 Å². The predicted molar refractivity (Wildman–Crippen MR) is 82.5 cm³/mol. The number of pyridine rings is 1. The summed E-state index contributed by atoms with van der Waals surface area (Å²) < 4.78 is 25.3. The van der Waals surface area contributed by atoms with Crippen LogP contribution >= 0.6 is 0 Å². The smallest absolute Gasteiger partial charge is 0.213 e. The van der Waals surface area contributed by atoms with Crippen molar-refractivity contribution in [2.45, 2.75) is 19.8 Å². The van der Waals surface area contributed by atoms with Crippen LogP contribution in [-0.2, 0) is 16.4 Å². The Labute approximate surface area is 129 Å². The van der Waals surface area contributed by atoms with Crippen molar-refractivity contribution in [2.75, 3.05) is 18.8 Å². The van der Waals surface area contributed by atoms with Crippen molar-refractivity contribution >= 4 is 10.0 Å². The lowest BCUT2D eigenvalue weighted by Gasteiger charge is -2.14. The fraction of sp³-hybridized carbons (Fsp3) is 0.500. The summed E-state index contributed by atoms with van der Waals surface area (Å²) in [6.45, 7) is 2.85. The molecule has 1 fully saturated rings. The molecule has 7 nitrogen and oxygen atoms in total. The lowest BCUT2D eigenvalue weighted by molar-refractivity contribution is 0.454. The third-order valence-corrected chi connectivity index (χ3v) is 5.79. The van der Waals surface area contributed by atoms with Gasteiger partial charge in [0.2, 0.25) is 10.0 Å². The van der Waals surface area contributed by atoms with Gasteiger partial charge in [0.15, 0.2) is 5.82 Å². The van der Waals surface area contributed by atoms with E-state index in [1.54, 1.807) is 23.6 Å². The second kappa shape index (κ2) is 6.13. The highest BCUT2D eigenvalue weighted by Gasteiger charge is 2.30. The molecule has 0 bridgehead atoms. The third-order valence-electron chi connectivity index (χ3n) is 3.94. The lowest BCUT2D eigenvalue weighted by atomic mass is 10.1. The minimum Gasteiger partial charge on any atom is -0.264 e. The molecule has 0 aliphatic carbocycles. The zero-order valence-electron chi connectivity index (χ0n) is 12.4. The maximum atomic E-state index is 11.9. The standard InChI is InChI=1S/C14H19N5O2S/c1-2-22(20,21)19-7-5-11(10-19)8-13-16-14(18-17-13)12-4-3-6-15-9-12/h3-4,6,9,11H,2,5,7-8,10H2,1H3,(H,16,17,18). The Morgan fingerprint density at radius 1 is 1.45 bits per heavy atom. The first-order valence-corrected chi connectivity index (χ1v) is 8.99. The molecule has 0 radical (unpaired) electrons. The average Bonchev–Trinajstić information content (AvgIpc) is 3.18. The molecule has 8 heteroatoms. The number of aromatic nitrogens is 4. The minimum atomic E-state index is -3.08. The number of aromatic amines is 1. The first-order valence-electron chi connectivity index (χ1n) is 7.38. The maximum absolute atomic E-state index is 11.9. The van der Waals surface area contributed by atoms with E-state index in [9.17, 15) is 8.42 Å². The van der Waals surface area contributed by atoms with Gasteiger partial charge in [0, 0.05) is 37.5 Å². The van der Waals surface area contributed by atoms with Crippen LogP contribution < -0.4 is 0 Å². The number of hydrogen-bond donors (Lipinski definition) is 1. The molecule has 22 heavy (non-hydrogen) atoms. The molecule has 1 atom stereocenters. The Kier molecular flexibility index (Phi) is 4.21. The maximum Gasteiger partial charge on any atom is 0.213 e. The third kappa shape index (κ3) is 3.17. The molecule has 1 N–H and O–H groups in total. The number of nitrogens with one attached hydrogen (secondary N) is 1. The average molecular weight is 321 g/mol. The summed E-state index contributed by atoms with van der Waals surface area (Å²) in [6.07, 6.45) is 5.00. The first-order chi connectivity index (χ1) is 10.6. The van der Waals surface area contributed by atoms with Crippen molar-refractivity contribution in [3.63, 3.8) is 0 Å². The highest BCUT2D eigenvalue weighted by Crippen LogP contribution is 2.23. The molecule has 3 rings (SSSR count). The SMILES string of the molecule is CCS(=O)(=O)N1CCC(Cc2nc(-c3cccnc3)n[nH]2)C1. The lowest BCUT2D eigenvalue weighted by Crippen LogP contribution is -2.30. The molecule has 0 spiro atoms. The van der Waals surface area contributed by atoms with Crippen molar-refractivity contribution in [1.82, 2.24) is 24.5 Å². The van der Waals surface area contributed by atoms with E-state index in [1.165, 1.54) is 0 Å². The molecule has 0 saturated carbocycles. The second-order valence-electron chi connectivity index (χ2n) is 5.46. The molecule has 2 aromatic heterocycles. The summed E-state index contributed by atoms with van der Waals surface area (Å²) in [4.78, 5) is 8.53. The first kappa shape index (κ1) is 15.1. The van der Waals surface area contributed by atoms with Gasteiger partial charge in [-0.2, -0.15) is 5.10 Å². The number of rotatable bonds is 5. The highest BCUT2D eigenvalue weighted by atomic mass is 32.2. The van der Waals surface area contributed by atoms with E-state index in [1.807, 2.05) is 12.1 Å². The Bertz CT molecular complexity index is 729. The van der Waals surface area contributed by atoms with Gasteiger partial charge in [-0.15, -0.1) is 0 Å². The molecule has 1 saturated heterocycles. The van der Waals surface area contributed by atoms with Crippen LogP contribution in [0.5, 0.6) is 0 Å². The van der Waals surface area contributed by atoms with Crippen molar-refractivity contribution < 1.29 is 8.42 Å². The molecule has 1 aliphatic heterocycles. The minimum absolute atomic E-state index is 0.160. The van der Waals surface area contributed by atoms with Crippen molar-refractivity contribution in [3.8, 4) is 11.4 Å². The van der Waals surface area contributed by atoms with Crippen molar-refractivity contribution in [2.24, 2.45) is 5.92 Å². The second-order valence-corrected chi connectivity index (χ2v) is 7.72.